The van der Waals surface area contributed by atoms with Crippen molar-refractivity contribution in [2.24, 2.45) is 0 Å². The van der Waals surface area contributed by atoms with Gasteiger partial charge in [-0.2, -0.15) is 0 Å². The van der Waals surface area contributed by atoms with Crippen LogP contribution >= 0.6 is 0 Å². The van der Waals surface area contributed by atoms with E-state index >= 15 is 0 Å². The summed E-state index contributed by atoms with van der Waals surface area (Å²) in [6.45, 7) is 9.97. The minimum Gasteiger partial charge on any atom is -0.496 e. The molecule has 0 saturated carbocycles. The Bertz CT molecular complexity index is 421. The highest BCUT2D eigenvalue weighted by Crippen LogP contribution is 2.27. The van der Waals surface area contributed by atoms with Gasteiger partial charge in [0.1, 0.15) is 5.75 Å². The topological polar surface area (TPSA) is 24.5 Å². The van der Waals surface area contributed by atoms with Crippen LogP contribution in [0.3, 0.4) is 0 Å². The molecule has 2 atom stereocenters. The Morgan fingerprint density at radius 3 is 2.84 bits per heavy atom. The van der Waals surface area contributed by atoms with Crippen LogP contribution in [0.25, 0.3) is 0 Å². The Balaban J connectivity index is 2.19. The van der Waals surface area contributed by atoms with Gasteiger partial charge in [-0.1, -0.05) is 25.1 Å². The van der Waals surface area contributed by atoms with E-state index in [0.717, 1.165) is 31.8 Å². The van der Waals surface area contributed by atoms with Crippen LogP contribution in [-0.2, 0) is 6.54 Å². The number of nitrogens with zero attached hydrogens (tertiary/aromatic N) is 1. The average molecular weight is 262 g/mol. The molecule has 0 spiro atoms. The van der Waals surface area contributed by atoms with Crippen molar-refractivity contribution in [1.29, 1.82) is 0 Å². The zero-order valence-electron chi connectivity index (χ0n) is 12.6. The summed E-state index contributed by atoms with van der Waals surface area (Å²) >= 11 is 0. The number of benzene rings is 1. The zero-order chi connectivity index (χ0) is 13.9. The largest absolute Gasteiger partial charge is 0.496 e. The third-order valence-electron chi connectivity index (χ3n) is 4.40. The molecule has 0 aliphatic carbocycles. The lowest BCUT2D eigenvalue weighted by Gasteiger charge is -2.47. The van der Waals surface area contributed by atoms with Crippen molar-refractivity contribution in [1.82, 2.24) is 10.2 Å². The maximum atomic E-state index is 5.47. The highest BCUT2D eigenvalue weighted by atomic mass is 16.5. The second-order valence-electron chi connectivity index (χ2n) is 5.82. The molecule has 0 aromatic heterocycles. The highest BCUT2D eigenvalue weighted by Gasteiger charge is 2.35. The molecule has 106 valence electrons. The fourth-order valence-corrected chi connectivity index (χ4v) is 2.76. The summed E-state index contributed by atoms with van der Waals surface area (Å²) in [4.78, 5) is 2.59. The molecule has 1 fully saturated rings. The third-order valence-corrected chi connectivity index (χ3v) is 4.40. The molecule has 1 aliphatic rings. The van der Waals surface area contributed by atoms with Crippen LogP contribution in [0.1, 0.15) is 32.8 Å². The lowest BCUT2D eigenvalue weighted by molar-refractivity contribution is 0.0447. The van der Waals surface area contributed by atoms with Gasteiger partial charge in [0.2, 0.25) is 0 Å². The van der Waals surface area contributed by atoms with Gasteiger partial charge in [0.15, 0.2) is 0 Å². The Labute approximate surface area is 116 Å². The van der Waals surface area contributed by atoms with E-state index in [0.29, 0.717) is 6.04 Å². The van der Waals surface area contributed by atoms with Crippen LogP contribution < -0.4 is 10.1 Å². The Hall–Kier alpha value is -1.06. The number of ether oxygens (including phenoxy) is 1. The second-order valence-corrected chi connectivity index (χ2v) is 5.82. The van der Waals surface area contributed by atoms with Gasteiger partial charge in [-0.25, -0.2) is 0 Å². The number of nitrogens with one attached hydrogen (secondary N) is 1. The highest BCUT2D eigenvalue weighted by molar-refractivity contribution is 5.33. The van der Waals surface area contributed by atoms with Gasteiger partial charge in [0, 0.05) is 36.8 Å². The van der Waals surface area contributed by atoms with Gasteiger partial charge >= 0.3 is 0 Å². The van der Waals surface area contributed by atoms with E-state index in [1.54, 1.807) is 7.11 Å². The number of rotatable bonds is 4. The Kier molecular flexibility index (Phi) is 4.48. The van der Waals surface area contributed by atoms with Crippen LogP contribution in [0, 0.1) is 0 Å². The SMILES string of the molecule is CCC1(C)CNC(C)CN1Cc1ccccc1OC. The summed E-state index contributed by atoms with van der Waals surface area (Å²) in [7, 11) is 1.75. The summed E-state index contributed by atoms with van der Waals surface area (Å²) < 4.78 is 5.47. The summed E-state index contributed by atoms with van der Waals surface area (Å²) in [5.41, 5.74) is 1.51. The normalized spacial score (nSPS) is 28.3. The van der Waals surface area contributed by atoms with Crippen molar-refractivity contribution in [3.63, 3.8) is 0 Å². The first-order valence-electron chi connectivity index (χ1n) is 7.19. The quantitative estimate of drug-likeness (QED) is 0.903. The summed E-state index contributed by atoms with van der Waals surface area (Å²) in [5, 5.41) is 3.59. The zero-order valence-corrected chi connectivity index (χ0v) is 12.6. The fourth-order valence-electron chi connectivity index (χ4n) is 2.76. The van der Waals surface area contributed by atoms with E-state index in [9.17, 15) is 0 Å². The van der Waals surface area contributed by atoms with E-state index in [4.69, 9.17) is 4.74 Å². The molecule has 1 aromatic rings. The van der Waals surface area contributed by atoms with E-state index in [-0.39, 0.29) is 5.54 Å². The van der Waals surface area contributed by atoms with E-state index in [2.05, 4.69) is 43.1 Å². The molecule has 2 unspecified atom stereocenters. The summed E-state index contributed by atoms with van der Waals surface area (Å²) in [5.74, 6) is 0.993. The number of hydrogen-bond acceptors (Lipinski definition) is 3. The number of para-hydroxylation sites is 1. The molecule has 0 bridgehead atoms. The fraction of sp³-hybridized carbons (Fsp3) is 0.625. The van der Waals surface area contributed by atoms with Gasteiger partial charge in [-0.3, -0.25) is 4.90 Å². The van der Waals surface area contributed by atoms with Gasteiger partial charge in [-0.05, 0) is 26.3 Å². The standard InChI is InChI=1S/C16H26N2O/c1-5-16(3)12-17-13(2)10-18(16)11-14-8-6-7-9-15(14)19-4/h6-9,13,17H,5,10-12H2,1-4H3. The van der Waals surface area contributed by atoms with Crippen LogP contribution in [0.2, 0.25) is 0 Å². The number of hydrogen-bond donors (Lipinski definition) is 1. The first-order valence-corrected chi connectivity index (χ1v) is 7.19. The molecular formula is C16H26N2O. The molecule has 1 aromatic carbocycles. The predicted molar refractivity (Wildman–Crippen MR) is 79.6 cm³/mol. The van der Waals surface area contributed by atoms with Crippen molar-refractivity contribution in [2.75, 3.05) is 20.2 Å². The van der Waals surface area contributed by atoms with Crippen LogP contribution in [0.15, 0.2) is 24.3 Å². The van der Waals surface area contributed by atoms with E-state index in [1.165, 1.54) is 5.56 Å². The number of piperazine rings is 1. The third kappa shape index (κ3) is 3.10. The smallest absolute Gasteiger partial charge is 0.123 e. The number of methoxy groups -OCH3 is 1. The van der Waals surface area contributed by atoms with Gasteiger partial charge < -0.3 is 10.1 Å². The van der Waals surface area contributed by atoms with Crippen LogP contribution in [-0.4, -0.2) is 36.7 Å². The van der Waals surface area contributed by atoms with Crippen molar-refractivity contribution < 1.29 is 4.74 Å². The van der Waals surface area contributed by atoms with Crippen molar-refractivity contribution in [2.45, 2.75) is 45.3 Å². The predicted octanol–water partition coefficient (Wildman–Crippen LogP) is 2.66. The van der Waals surface area contributed by atoms with Crippen molar-refractivity contribution in [3.8, 4) is 5.75 Å². The molecular weight excluding hydrogens is 236 g/mol. The molecule has 1 saturated heterocycles. The van der Waals surface area contributed by atoms with Gasteiger partial charge in [-0.15, -0.1) is 0 Å². The second kappa shape index (κ2) is 5.93. The minimum absolute atomic E-state index is 0.230. The van der Waals surface area contributed by atoms with E-state index < -0.39 is 0 Å². The van der Waals surface area contributed by atoms with Crippen LogP contribution in [0.4, 0.5) is 0 Å². The summed E-state index contributed by atoms with van der Waals surface area (Å²) in [6, 6.07) is 8.88. The molecule has 0 amide bonds. The monoisotopic (exact) mass is 262 g/mol. The van der Waals surface area contributed by atoms with Crippen LogP contribution in [0.5, 0.6) is 5.75 Å². The molecule has 3 nitrogen and oxygen atoms in total. The molecule has 0 radical (unpaired) electrons. The molecule has 1 aliphatic heterocycles. The molecule has 2 rings (SSSR count). The van der Waals surface area contributed by atoms with Gasteiger partial charge in [0.25, 0.3) is 0 Å². The minimum atomic E-state index is 0.230. The first-order chi connectivity index (χ1) is 9.09. The summed E-state index contributed by atoms with van der Waals surface area (Å²) in [6.07, 6.45) is 1.15. The molecule has 1 heterocycles. The van der Waals surface area contributed by atoms with Crippen molar-refractivity contribution in [3.05, 3.63) is 29.8 Å². The Morgan fingerprint density at radius 2 is 2.16 bits per heavy atom. The average Bonchev–Trinajstić information content (AvgIpc) is 2.43. The van der Waals surface area contributed by atoms with E-state index in [1.807, 2.05) is 12.1 Å². The Morgan fingerprint density at radius 1 is 1.42 bits per heavy atom. The lowest BCUT2D eigenvalue weighted by atomic mass is 9.91. The maximum absolute atomic E-state index is 5.47. The lowest BCUT2D eigenvalue weighted by Crippen LogP contribution is -2.61. The van der Waals surface area contributed by atoms with Crippen molar-refractivity contribution >= 4 is 0 Å². The maximum Gasteiger partial charge on any atom is 0.123 e. The van der Waals surface area contributed by atoms with Gasteiger partial charge in [0.05, 0.1) is 7.11 Å². The first kappa shape index (κ1) is 14.4. The molecule has 19 heavy (non-hydrogen) atoms. The molecule has 1 N–H and O–H groups in total. The molecule has 3 heteroatoms.